The minimum absolute atomic E-state index is 0.176. The Labute approximate surface area is 126 Å². The Morgan fingerprint density at radius 1 is 1.14 bits per heavy atom. The second-order valence-electron chi connectivity index (χ2n) is 5.32. The fourth-order valence-electron chi connectivity index (χ4n) is 2.51. The highest BCUT2D eigenvalue weighted by molar-refractivity contribution is 5.30. The van der Waals surface area contributed by atoms with Crippen molar-refractivity contribution < 1.29 is 9.13 Å². The van der Waals surface area contributed by atoms with E-state index in [9.17, 15) is 4.39 Å². The number of ether oxygens (including phenoxy) is 1. The fourth-order valence-corrected chi connectivity index (χ4v) is 2.51. The fraction of sp³-hybridized carbons (Fsp3) is 0.333. The van der Waals surface area contributed by atoms with E-state index in [1.807, 2.05) is 32.2 Å². The van der Waals surface area contributed by atoms with Crippen LogP contribution in [0.3, 0.4) is 0 Å². The first-order valence-corrected chi connectivity index (χ1v) is 7.17. The molecule has 1 atom stereocenters. The Hall–Kier alpha value is -1.87. The van der Waals surface area contributed by atoms with Crippen LogP contribution in [0, 0.1) is 12.7 Å². The van der Waals surface area contributed by atoms with E-state index in [0.717, 1.165) is 24.2 Å². The Bertz CT molecular complexity index is 598. The van der Waals surface area contributed by atoms with Crippen molar-refractivity contribution in [3.05, 3.63) is 65.0 Å². The third-order valence-corrected chi connectivity index (χ3v) is 3.80. The summed E-state index contributed by atoms with van der Waals surface area (Å²) in [6.07, 6.45) is 1.78. The van der Waals surface area contributed by atoms with E-state index in [4.69, 9.17) is 4.74 Å². The molecule has 0 aliphatic carbocycles. The Balaban J connectivity index is 2.09. The first kappa shape index (κ1) is 15.5. The molecule has 2 aromatic rings. The second kappa shape index (κ2) is 7.23. The van der Waals surface area contributed by atoms with Gasteiger partial charge in [-0.3, -0.25) is 0 Å². The molecule has 2 rings (SSSR count). The Morgan fingerprint density at radius 3 is 2.62 bits per heavy atom. The highest BCUT2D eigenvalue weighted by Crippen LogP contribution is 2.17. The Morgan fingerprint density at radius 2 is 1.95 bits per heavy atom. The van der Waals surface area contributed by atoms with Crippen molar-refractivity contribution in [3.8, 4) is 5.75 Å². The molecule has 0 bridgehead atoms. The number of methoxy groups -OCH3 is 1. The molecule has 3 heteroatoms. The van der Waals surface area contributed by atoms with Crippen LogP contribution < -0.4 is 10.1 Å². The number of nitrogens with one attached hydrogen (secondary N) is 1. The molecule has 0 amide bonds. The van der Waals surface area contributed by atoms with Gasteiger partial charge in [0.05, 0.1) is 7.11 Å². The summed E-state index contributed by atoms with van der Waals surface area (Å²) in [6.45, 7) is 1.96. The summed E-state index contributed by atoms with van der Waals surface area (Å²) in [5.74, 6) is 0.699. The SMILES string of the molecule is CNC(Cc1cccc(OC)c1)Cc1ccc(F)cc1C. The van der Waals surface area contributed by atoms with Crippen LogP contribution in [0.25, 0.3) is 0 Å². The highest BCUT2D eigenvalue weighted by atomic mass is 19.1. The van der Waals surface area contributed by atoms with Gasteiger partial charge in [0.15, 0.2) is 0 Å². The van der Waals surface area contributed by atoms with Crippen molar-refractivity contribution in [1.82, 2.24) is 5.32 Å². The maximum atomic E-state index is 13.2. The third-order valence-electron chi connectivity index (χ3n) is 3.80. The number of hydrogen-bond donors (Lipinski definition) is 1. The van der Waals surface area contributed by atoms with Crippen LogP contribution >= 0.6 is 0 Å². The van der Waals surface area contributed by atoms with E-state index in [1.165, 1.54) is 17.2 Å². The maximum Gasteiger partial charge on any atom is 0.123 e. The van der Waals surface area contributed by atoms with Crippen molar-refractivity contribution in [2.24, 2.45) is 0 Å². The number of likely N-dealkylation sites (N-methyl/N-ethyl adjacent to an activating group) is 1. The first-order chi connectivity index (χ1) is 10.1. The summed E-state index contributed by atoms with van der Waals surface area (Å²) in [7, 11) is 3.64. The van der Waals surface area contributed by atoms with E-state index in [-0.39, 0.29) is 5.82 Å². The van der Waals surface area contributed by atoms with Gasteiger partial charge in [0.1, 0.15) is 11.6 Å². The highest BCUT2D eigenvalue weighted by Gasteiger charge is 2.11. The van der Waals surface area contributed by atoms with Gasteiger partial charge in [-0.05, 0) is 67.8 Å². The largest absolute Gasteiger partial charge is 0.497 e. The molecule has 21 heavy (non-hydrogen) atoms. The minimum atomic E-state index is -0.176. The van der Waals surface area contributed by atoms with E-state index in [1.54, 1.807) is 13.2 Å². The molecule has 0 saturated carbocycles. The summed E-state index contributed by atoms with van der Waals surface area (Å²) in [6, 6.07) is 13.4. The van der Waals surface area contributed by atoms with E-state index >= 15 is 0 Å². The predicted molar refractivity (Wildman–Crippen MR) is 84.4 cm³/mol. The molecular weight excluding hydrogens is 265 g/mol. The van der Waals surface area contributed by atoms with E-state index in [0.29, 0.717) is 6.04 Å². The number of halogens is 1. The summed E-state index contributed by atoms with van der Waals surface area (Å²) < 4.78 is 18.4. The Kier molecular flexibility index (Phi) is 5.34. The molecule has 112 valence electrons. The smallest absolute Gasteiger partial charge is 0.123 e. The molecule has 0 fully saturated rings. The molecular formula is C18H22FNO. The standard InChI is InChI=1S/C18H22FNO/c1-13-9-16(19)8-7-15(13)12-17(20-2)10-14-5-4-6-18(11-14)21-3/h4-9,11,17,20H,10,12H2,1-3H3. The molecule has 2 nitrogen and oxygen atoms in total. The molecule has 0 saturated heterocycles. The molecule has 0 aliphatic rings. The number of rotatable bonds is 6. The topological polar surface area (TPSA) is 21.3 Å². The lowest BCUT2D eigenvalue weighted by Gasteiger charge is -2.18. The molecule has 0 aliphatic heterocycles. The number of benzene rings is 2. The van der Waals surface area contributed by atoms with E-state index < -0.39 is 0 Å². The average molecular weight is 287 g/mol. The molecule has 0 radical (unpaired) electrons. The second-order valence-corrected chi connectivity index (χ2v) is 5.32. The van der Waals surface area contributed by atoms with Gasteiger partial charge in [-0.15, -0.1) is 0 Å². The van der Waals surface area contributed by atoms with Gasteiger partial charge in [-0.25, -0.2) is 4.39 Å². The van der Waals surface area contributed by atoms with Crippen molar-refractivity contribution in [1.29, 1.82) is 0 Å². The van der Waals surface area contributed by atoms with Crippen molar-refractivity contribution in [2.75, 3.05) is 14.2 Å². The molecule has 0 aromatic heterocycles. The van der Waals surface area contributed by atoms with Crippen LogP contribution in [0.1, 0.15) is 16.7 Å². The first-order valence-electron chi connectivity index (χ1n) is 7.17. The molecule has 0 spiro atoms. The van der Waals surface area contributed by atoms with Crippen LogP contribution in [-0.4, -0.2) is 20.2 Å². The number of aryl methyl sites for hydroxylation is 1. The molecule has 1 unspecified atom stereocenters. The molecule has 0 heterocycles. The van der Waals surface area contributed by atoms with Crippen molar-refractivity contribution >= 4 is 0 Å². The molecule has 2 aromatic carbocycles. The lowest BCUT2D eigenvalue weighted by Crippen LogP contribution is -2.30. The predicted octanol–water partition coefficient (Wildman–Crippen LogP) is 3.52. The van der Waals surface area contributed by atoms with Gasteiger partial charge in [-0.1, -0.05) is 18.2 Å². The monoisotopic (exact) mass is 287 g/mol. The van der Waals surface area contributed by atoms with Crippen molar-refractivity contribution in [3.63, 3.8) is 0 Å². The summed E-state index contributed by atoms with van der Waals surface area (Å²) in [5.41, 5.74) is 3.41. The zero-order valence-electron chi connectivity index (χ0n) is 12.8. The summed E-state index contributed by atoms with van der Waals surface area (Å²) in [4.78, 5) is 0. The van der Waals surface area contributed by atoms with Gasteiger partial charge in [0, 0.05) is 6.04 Å². The maximum absolute atomic E-state index is 13.2. The zero-order chi connectivity index (χ0) is 15.2. The van der Waals surface area contributed by atoms with Crippen LogP contribution in [0.5, 0.6) is 5.75 Å². The summed E-state index contributed by atoms with van der Waals surface area (Å²) in [5, 5.41) is 3.34. The average Bonchev–Trinajstić information content (AvgIpc) is 2.49. The van der Waals surface area contributed by atoms with Gasteiger partial charge in [0.25, 0.3) is 0 Å². The zero-order valence-corrected chi connectivity index (χ0v) is 12.8. The van der Waals surface area contributed by atoms with Crippen LogP contribution in [0.15, 0.2) is 42.5 Å². The van der Waals surface area contributed by atoms with Crippen LogP contribution in [0.2, 0.25) is 0 Å². The van der Waals surface area contributed by atoms with Crippen LogP contribution in [0.4, 0.5) is 4.39 Å². The van der Waals surface area contributed by atoms with Crippen LogP contribution in [-0.2, 0) is 12.8 Å². The number of hydrogen-bond acceptors (Lipinski definition) is 2. The van der Waals surface area contributed by atoms with Gasteiger partial charge in [-0.2, -0.15) is 0 Å². The minimum Gasteiger partial charge on any atom is -0.497 e. The normalized spacial score (nSPS) is 12.2. The van der Waals surface area contributed by atoms with E-state index in [2.05, 4.69) is 17.4 Å². The summed E-state index contributed by atoms with van der Waals surface area (Å²) >= 11 is 0. The van der Waals surface area contributed by atoms with Gasteiger partial charge < -0.3 is 10.1 Å². The van der Waals surface area contributed by atoms with Gasteiger partial charge >= 0.3 is 0 Å². The quantitative estimate of drug-likeness (QED) is 0.878. The van der Waals surface area contributed by atoms with Crippen molar-refractivity contribution in [2.45, 2.75) is 25.8 Å². The third kappa shape index (κ3) is 4.30. The van der Waals surface area contributed by atoms with Gasteiger partial charge in [0.2, 0.25) is 0 Å². The molecule has 1 N–H and O–H groups in total. The lowest BCUT2D eigenvalue weighted by molar-refractivity contribution is 0.414. The lowest BCUT2D eigenvalue weighted by atomic mass is 9.96.